The van der Waals surface area contributed by atoms with Gasteiger partial charge in [0.05, 0.1) is 7.11 Å². The van der Waals surface area contributed by atoms with Gasteiger partial charge in [0.2, 0.25) is 0 Å². The van der Waals surface area contributed by atoms with Gasteiger partial charge in [0.15, 0.2) is 0 Å². The van der Waals surface area contributed by atoms with Gasteiger partial charge in [-0.3, -0.25) is 0 Å². The second-order valence-corrected chi connectivity index (χ2v) is 3.97. The zero-order valence-corrected chi connectivity index (χ0v) is 9.02. The Balaban J connectivity index is 2.33. The molecule has 0 aliphatic heterocycles. The number of ether oxygens (including phenoxy) is 1. The molecular weight excluding hydrogens is 192 g/mol. The van der Waals surface area contributed by atoms with E-state index in [4.69, 9.17) is 4.74 Å². The minimum atomic E-state index is 0.894. The molecule has 0 N–H and O–H groups in total. The lowest BCUT2D eigenvalue weighted by Crippen LogP contribution is -1.81. The van der Waals surface area contributed by atoms with E-state index >= 15 is 0 Å². The third-order valence-electron chi connectivity index (χ3n) is 2.04. The van der Waals surface area contributed by atoms with E-state index in [-0.39, 0.29) is 0 Å². The third kappa shape index (κ3) is 1.80. The lowest BCUT2D eigenvalue weighted by Gasteiger charge is -2.00. The van der Waals surface area contributed by atoms with Crippen LogP contribution >= 0.6 is 11.3 Å². The number of hydrogen-bond acceptors (Lipinski definition) is 2. The molecule has 2 heteroatoms. The van der Waals surface area contributed by atoms with Crippen molar-refractivity contribution in [3.63, 3.8) is 0 Å². The number of thiophene rings is 1. The second kappa shape index (κ2) is 3.84. The first-order valence-electron chi connectivity index (χ1n) is 4.42. The van der Waals surface area contributed by atoms with E-state index in [1.807, 2.05) is 12.1 Å². The summed E-state index contributed by atoms with van der Waals surface area (Å²) in [7, 11) is 1.68. The molecule has 0 aliphatic rings. The Bertz CT molecular complexity index is 414. The largest absolute Gasteiger partial charge is 0.497 e. The van der Waals surface area contributed by atoms with Gasteiger partial charge in [-0.2, -0.15) is 0 Å². The van der Waals surface area contributed by atoms with Crippen molar-refractivity contribution in [3.05, 3.63) is 41.3 Å². The Morgan fingerprint density at radius 3 is 2.43 bits per heavy atom. The van der Waals surface area contributed by atoms with Crippen molar-refractivity contribution in [2.45, 2.75) is 6.92 Å². The molecule has 0 bridgehead atoms. The van der Waals surface area contributed by atoms with Crippen molar-refractivity contribution < 1.29 is 4.74 Å². The van der Waals surface area contributed by atoms with E-state index < -0.39 is 0 Å². The molecule has 14 heavy (non-hydrogen) atoms. The Hall–Kier alpha value is -1.28. The van der Waals surface area contributed by atoms with Gasteiger partial charge in [-0.15, -0.1) is 11.3 Å². The molecule has 71 valence electrons. The minimum Gasteiger partial charge on any atom is -0.497 e. The quantitative estimate of drug-likeness (QED) is 0.725. The Labute approximate surface area is 88.0 Å². The lowest BCUT2D eigenvalue weighted by atomic mass is 10.2. The first-order valence-corrected chi connectivity index (χ1v) is 5.24. The van der Waals surface area contributed by atoms with Crippen LogP contribution in [0.2, 0.25) is 0 Å². The van der Waals surface area contributed by atoms with E-state index in [0.717, 1.165) is 5.75 Å². The highest BCUT2D eigenvalue weighted by molar-refractivity contribution is 7.13. The molecule has 1 radical (unpaired) electrons. The van der Waals surface area contributed by atoms with E-state index in [9.17, 15) is 0 Å². The topological polar surface area (TPSA) is 9.23 Å². The maximum Gasteiger partial charge on any atom is 0.118 e. The van der Waals surface area contributed by atoms with Crippen molar-refractivity contribution >= 4 is 11.3 Å². The van der Waals surface area contributed by atoms with E-state index in [0.29, 0.717) is 0 Å². The lowest BCUT2D eigenvalue weighted by molar-refractivity contribution is 0.415. The normalized spacial score (nSPS) is 10.1. The van der Waals surface area contributed by atoms with Gasteiger partial charge in [-0.05, 0) is 48.4 Å². The predicted molar refractivity (Wildman–Crippen MR) is 59.9 cm³/mol. The van der Waals surface area contributed by atoms with Crippen LogP contribution in [0, 0.1) is 12.3 Å². The second-order valence-electron chi connectivity index (χ2n) is 3.12. The van der Waals surface area contributed by atoms with Gasteiger partial charge >= 0.3 is 0 Å². The van der Waals surface area contributed by atoms with Crippen LogP contribution in [0.25, 0.3) is 10.4 Å². The molecule has 0 amide bonds. The van der Waals surface area contributed by atoms with Crippen molar-refractivity contribution in [1.29, 1.82) is 0 Å². The fourth-order valence-electron chi connectivity index (χ4n) is 1.29. The number of methoxy groups -OCH3 is 1. The summed E-state index contributed by atoms with van der Waals surface area (Å²) in [5.41, 5.74) is 2.42. The molecule has 0 saturated heterocycles. The summed E-state index contributed by atoms with van der Waals surface area (Å²) in [6.45, 7) is 2.06. The summed E-state index contributed by atoms with van der Waals surface area (Å²) in [5, 5.41) is 3.21. The van der Waals surface area contributed by atoms with Crippen LogP contribution in [-0.4, -0.2) is 7.11 Å². The Morgan fingerprint density at radius 2 is 1.93 bits per heavy atom. The average molecular weight is 203 g/mol. The molecule has 2 aromatic rings. The number of benzene rings is 1. The molecule has 0 spiro atoms. The number of hydrogen-bond donors (Lipinski definition) is 0. The van der Waals surface area contributed by atoms with Crippen molar-refractivity contribution in [3.8, 4) is 16.2 Å². The fraction of sp³-hybridized carbons (Fsp3) is 0.167. The summed E-state index contributed by atoms with van der Waals surface area (Å²) >= 11 is 1.65. The average Bonchev–Trinajstić information content (AvgIpc) is 2.65. The number of aryl methyl sites for hydroxylation is 1. The van der Waals surface area contributed by atoms with Crippen LogP contribution < -0.4 is 4.74 Å². The van der Waals surface area contributed by atoms with Gasteiger partial charge < -0.3 is 4.74 Å². The SMILES string of the molecule is COc1ccc(-c2cc(C)[c]s2)cc1. The minimum absolute atomic E-state index is 0.894. The highest BCUT2D eigenvalue weighted by Crippen LogP contribution is 2.27. The smallest absolute Gasteiger partial charge is 0.118 e. The van der Waals surface area contributed by atoms with Crippen LogP contribution in [0.15, 0.2) is 30.3 Å². The van der Waals surface area contributed by atoms with Crippen molar-refractivity contribution in [2.24, 2.45) is 0 Å². The molecule has 1 aromatic heterocycles. The van der Waals surface area contributed by atoms with Gasteiger partial charge in [0.1, 0.15) is 5.75 Å². The molecule has 0 unspecified atom stereocenters. The highest BCUT2D eigenvalue weighted by atomic mass is 32.1. The molecule has 0 aliphatic carbocycles. The van der Waals surface area contributed by atoms with Crippen LogP contribution in [-0.2, 0) is 0 Å². The molecule has 1 aromatic carbocycles. The summed E-state index contributed by atoms with van der Waals surface area (Å²) in [5.74, 6) is 0.894. The predicted octanol–water partition coefficient (Wildman–Crippen LogP) is 3.53. The molecule has 2 rings (SSSR count). The molecule has 0 fully saturated rings. The van der Waals surface area contributed by atoms with Gasteiger partial charge in [-0.25, -0.2) is 0 Å². The van der Waals surface area contributed by atoms with Gasteiger partial charge in [0.25, 0.3) is 0 Å². The van der Waals surface area contributed by atoms with Crippen LogP contribution in [0.3, 0.4) is 0 Å². The number of rotatable bonds is 2. The first kappa shape index (κ1) is 9.28. The maximum absolute atomic E-state index is 5.11. The van der Waals surface area contributed by atoms with E-state index in [1.165, 1.54) is 16.0 Å². The molecule has 1 heterocycles. The fourth-order valence-corrected chi connectivity index (χ4v) is 2.11. The van der Waals surface area contributed by atoms with Crippen LogP contribution in [0.5, 0.6) is 5.75 Å². The van der Waals surface area contributed by atoms with Crippen LogP contribution in [0.4, 0.5) is 0 Å². The summed E-state index contributed by atoms with van der Waals surface area (Å²) in [4.78, 5) is 1.25. The van der Waals surface area contributed by atoms with E-state index in [1.54, 1.807) is 18.4 Å². The summed E-state index contributed by atoms with van der Waals surface area (Å²) in [6, 6.07) is 10.2. The molecule has 1 nitrogen and oxygen atoms in total. The molecule has 0 atom stereocenters. The third-order valence-corrected chi connectivity index (χ3v) is 3.04. The molecule has 0 saturated carbocycles. The standard InChI is InChI=1S/C12H11OS/c1-9-7-12(14-8-9)10-3-5-11(13-2)6-4-10/h3-7H,1-2H3. The zero-order valence-electron chi connectivity index (χ0n) is 8.20. The van der Waals surface area contributed by atoms with Crippen molar-refractivity contribution in [1.82, 2.24) is 0 Å². The molecular formula is C12H11OS. The zero-order chi connectivity index (χ0) is 9.97. The van der Waals surface area contributed by atoms with E-state index in [2.05, 4.69) is 30.5 Å². The maximum atomic E-state index is 5.11. The van der Waals surface area contributed by atoms with Crippen molar-refractivity contribution in [2.75, 3.05) is 7.11 Å². The highest BCUT2D eigenvalue weighted by Gasteiger charge is 2.00. The summed E-state index contributed by atoms with van der Waals surface area (Å²) < 4.78 is 5.11. The monoisotopic (exact) mass is 203 g/mol. The summed E-state index contributed by atoms with van der Waals surface area (Å²) in [6.07, 6.45) is 0. The van der Waals surface area contributed by atoms with Gasteiger partial charge in [0, 0.05) is 10.3 Å². The Morgan fingerprint density at radius 1 is 1.21 bits per heavy atom. The van der Waals surface area contributed by atoms with Gasteiger partial charge in [-0.1, -0.05) is 0 Å². The van der Waals surface area contributed by atoms with Crippen LogP contribution in [0.1, 0.15) is 5.56 Å². The Kier molecular flexibility index (Phi) is 2.55. The first-order chi connectivity index (χ1) is 6.79.